The molecule has 2 aromatic rings. The first-order chi connectivity index (χ1) is 11.6. The van der Waals surface area contributed by atoms with Gasteiger partial charge in [0.2, 0.25) is 5.82 Å². The summed E-state index contributed by atoms with van der Waals surface area (Å²) in [5.41, 5.74) is 4.76. The lowest BCUT2D eigenvalue weighted by Crippen LogP contribution is -2.36. The zero-order valence-electron chi connectivity index (χ0n) is 12.9. The van der Waals surface area contributed by atoms with Crippen molar-refractivity contribution in [2.45, 2.75) is 19.4 Å². The van der Waals surface area contributed by atoms with Crippen LogP contribution in [0.4, 0.5) is 26.3 Å². The highest BCUT2D eigenvalue weighted by Gasteiger charge is 2.29. The van der Waals surface area contributed by atoms with Crippen LogP contribution < -0.4 is 5.73 Å². The van der Waals surface area contributed by atoms with Crippen LogP contribution in [0.15, 0.2) is 24.3 Å². The van der Waals surface area contributed by atoms with Crippen molar-refractivity contribution in [3.05, 3.63) is 70.3 Å². The molecule has 2 rings (SSSR count). The van der Waals surface area contributed by atoms with Gasteiger partial charge in [-0.15, -0.1) is 0 Å². The van der Waals surface area contributed by atoms with E-state index in [0.29, 0.717) is 0 Å². The number of ketones is 1. The van der Waals surface area contributed by atoms with Gasteiger partial charge < -0.3 is 5.73 Å². The van der Waals surface area contributed by atoms with Crippen LogP contribution in [0.2, 0.25) is 0 Å². The molecule has 25 heavy (non-hydrogen) atoms. The summed E-state index contributed by atoms with van der Waals surface area (Å²) in [6, 6.07) is 3.30. The van der Waals surface area contributed by atoms with E-state index in [4.69, 9.17) is 5.73 Å². The topological polar surface area (TPSA) is 43.1 Å². The minimum Gasteiger partial charge on any atom is -0.327 e. The van der Waals surface area contributed by atoms with Crippen LogP contribution in [0.1, 0.15) is 22.8 Å². The third kappa shape index (κ3) is 3.68. The Hall–Kier alpha value is -2.35. The minimum atomic E-state index is -2.26. The van der Waals surface area contributed by atoms with E-state index < -0.39 is 64.6 Å². The van der Waals surface area contributed by atoms with E-state index in [1.165, 1.54) is 19.1 Å². The molecule has 0 saturated carbocycles. The number of nitrogens with two attached hydrogens (primary N) is 1. The number of carbonyl (C=O) groups is 1. The molecular formula is C17H13F6NO. The third-order valence-electron chi connectivity index (χ3n) is 3.93. The maximum Gasteiger partial charge on any atom is 0.200 e. The van der Waals surface area contributed by atoms with E-state index in [9.17, 15) is 31.1 Å². The fraction of sp³-hybridized carbons (Fsp3) is 0.235. The van der Waals surface area contributed by atoms with Crippen molar-refractivity contribution in [3.8, 4) is 0 Å². The maximum absolute atomic E-state index is 13.7. The van der Waals surface area contributed by atoms with Crippen molar-refractivity contribution in [3.63, 3.8) is 0 Å². The molecular weight excluding hydrogens is 348 g/mol. The summed E-state index contributed by atoms with van der Waals surface area (Å²) in [6.07, 6.45) is -0.736. The van der Waals surface area contributed by atoms with E-state index in [1.807, 2.05) is 0 Å². The van der Waals surface area contributed by atoms with E-state index in [2.05, 4.69) is 0 Å². The normalized spacial score (nSPS) is 13.6. The second-order valence-electron chi connectivity index (χ2n) is 5.58. The highest BCUT2D eigenvalue weighted by Crippen LogP contribution is 2.25. The van der Waals surface area contributed by atoms with Crippen LogP contribution in [0.25, 0.3) is 0 Å². The lowest BCUT2D eigenvalue weighted by atomic mass is 9.89. The van der Waals surface area contributed by atoms with Crippen molar-refractivity contribution in [2.24, 2.45) is 11.7 Å². The lowest BCUT2D eigenvalue weighted by Gasteiger charge is -2.20. The highest BCUT2D eigenvalue weighted by molar-refractivity contribution is 5.98. The first-order valence-corrected chi connectivity index (χ1v) is 7.20. The maximum atomic E-state index is 13.7. The van der Waals surface area contributed by atoms with Gasteiger partial charge in [0.25, 0.3) is 0 Å². The molecule has 0 fully saturated rings. The fourth-order valence-electron chi connectivity index (χ4n) is 2.31. The molecule has 2 unspecified atom stereocenters. The van der Waals surface area contributed by atoms with E-state index >= 15 is 0 Å². The number of halogens is 6. The molecule has 0 spiro atoms. The molecule has 0 amide bonds. The van der Waals surface area contributed by atoms with E-state index in [0.717, 1.165) is 12.1 Å². The molecule has 2 aromatic carbocycles. The first-order valence-electron chi connectivity index (χ1n) is 7.20. The molecule has 2 N–H and O–H groups in total. The van der Waals surface area contributed by atoms with Crippen LogP contribution in [0.3, 0.4) is 0 Å². The molecule has 0 aliphatic heterocycles. The monoisotopic (exact) mass is 361 g/mol. The SMILES string of the molecule is CC(C(=O)c1ccc(F)cc1)C(N)Cc1c(F)c(F)c(F)c(F)c1F. The molecule has 0 saturated heterocycles. The molecule has 2 nitrogen and oxygen atoms in total. The van der Waals surface area contributed by atoms with Gasteiger partial charge in [-0.1, -0.05) is 6.92 Å². The second kappa shape index (κ2) is 7.26. The predicted octanol–water partition coefficient (Wildman–Crippen LogP) is 3.91. The molecule has 0 aliphatic rings. The Labute approximate surface area is 139 Å². The van der Waals surface area contributed by atoms with Gasteiger partial charge >= 0.3 is 0 Å². The average molecular weight is 361 g/mol. The van der Waals surface area contributed by atoms with Gasteiger partial charge in [0.15, 0.2) is 29.1 Å². The van der Waals surface area contributed by atoms with Gasteiger partial charge in [0, 0.05) is 23.1 Å². The van der Waals surface area contributed by atoms with Crippen LogP contribution in [-0.4, -0.2) is 11.8 Å². The predicted molar refractivity (Wildman–Crippen MR) is 77.8 cm³/mol. The summed E-state index contributed by atoms with van der Waals surface area (Å²) in [7, 11) is 0. The molecule has 8 heteroatoms. The molecule has 0 heterocycles. The number of benzene rings is 2. The van der Waals surface area contributed by atoms with E-state index in [-0.39, 0.29) is 5.56 Å². The summed E-state index contributed by atoms with van der Waals surface area (Å²) in [5, 5.41) is 0. The van der Waals surface area contributed by atoms with Crippen LogP contribution >= 0.6 is 0 Å². The van der Waals surface area contributed by atoms with Crippen molar-refractivity contribution < 1.29 is 31.1 Å². The van der Waals surface area contributed by atoms with Crippen LogP contribution in [-0.2, 0) is 6.42 Å². The van der Waals surface area contributed by atoms with Gasteiger partial charge in [0.1, 0.15) is 5.82 Å². The Morgan fingerprint density at radius 3 is 1.80 bits per heavy atom. The number of carbonyl (C=O) groups excluding carboxylic acids is 1. The second-order valence-corrected chi connectivity index (χ2v) is 5.58. The molecule has 0 radical (unpaired) electrons. The lowest BCUT2D eigenvalue weighted by molar-refractivity contribution is 0.0912. The van der Waals surface area contributed by atoms with Crippen molar-refractivity contribution in [2.75, 3.05) is 0 Å². The summed E-state index contributed by atoms with van der Waals surface area (Å²) in [6.45, 7) is 1.35. The van der Waals surface area contributed by atoms with Gasteiger partial charge in [-0.25, -0.2) is 26.3 Å². The highest BCUT2D eigenvalue weighted by atomic mass is 19.2. The molecule has 0 aliphatic carbocycles. The third-order valence-corrected chi connectivity index (χ3v) is 3.93. The molecule has 0 bridgehead atoms. The summed E-state index contributed by atoms with van der Waals surface area (Å²) < 4.78 is 79.7. The Bertz CT molecular complexity index is 777. The standard InChI is InChI=1S/C17H13F6NO/c1-7(17(25)8-2-4-9(18)5-3-8)11(24)6-10-12(19)14(21)16(23)15(22)13(10)20/h2-5,7,11H,6,24H2,1H3. The summed E-state index contributed by atoms with van der Waals surface area (Å²) in [4.78, 5) is 12.2. The first kappa shape index (κ1) is 19.0. The quantitative estimate of drug-likeness (QED) is 0.380. The van der Waals surface area contributed by atoms with Crippen LogP contribution in [0.5, 0.6) is 0 Å². The zero-order valence-corrected chi connectivity index (χ0v) is 12.9. The number of rotatable bonds is 5. The number of hydrogen-bond donors (Lipinski definition) is 1. The average Bonchev–Trinajstić information content (AvgIpc) is 2.61. The smallest absolute Gasteiger partial charge is 0.200 e. The summed E-state index contributed by atoms with van der Waals surface area (Å²) >= 11 is 0. The van der Waals surface area contributed by atoms with Crippen LogP contribution in [0, 0.1) is 40.8 Å². The molecule has 134 valence electrons. The Morgan fingerprint density at radius 1 is 0.880 bits per heavy atom. The van der Waals surface area contributed by atoms with Crippen molar-refractivity contribution in [1.82, 2.24) is 0 Å². The Kier molecular flexibility index (Phi) is 5.52. The summed E-state index contributed by atoms with van der Waals surface area (Å²) in [5.74, 6) is -12.5. The molecule has 0 aromatic heterocycles. The van der Waals surface area contributed by atoms with Gasteiger partial charge in [0.05, 0.1) is 0 Å². The largest absolute Gasteiger partial charge is 0.327 e. The zero-order chi connectivity index (χ0) is 18.9. The van der Waals surface area contributed by atoms with Gasteiger partial charge in [-0.3, -0.25) is 4.79 Å². The van der Waals surface area contributed by atoms with Gasteiger partial charge in [-0.05, 0) is 30.7 Å². The van der Waals surface area contributed by atoms with Crippen molar-refractivity contribution >= 4 is 5.78 Å². The Balaban J connectivity index is 2.26. The minimum absolute atomic E-state index is 0.113. The molecule has 2 atom stereocenters. The van der Waals surface area contributed by atoms with E-state index in [1.54, 1.807) is 0 Å². The Morgan fingerprint density at radius 2 is 1.32 bits per heavy atom. The van der Waals surface area contributed by atoms with Crippen molar-refractivity contribution in [1.29, 1.82) is 0 Å². The van der Waals surface area contributed by atoms with Gasteiger partial charge in [-0.2, -0.15) is 0 Å². The number of Topliss-reactive ketones (excluding diaryl/α,β-unsaturated/α-hetero) is 1. The number of hydrogen-bond acceptors (Lipinski definition) is 2. The fourth-order valence-corrected chi connectivity index (χ4v) is 2.31.